The third kappa shape index (κ3) is 3.57. The molecule has 2 rings (SSSR count). The Kier molecular flexibility index (Phi) is 5.12. The summed E-state index contributed by atoms with van der Waals surface area (Å²) in [7, 11) is 3.23. The first kappa shape index (κ1) is 14.1. The number of methoxy groups -OCH3 is 2. The molecule has 2 aromatic rings. The minimum Gasteiger partial charge on any atom is -0.493 e. The van der Waals surface area contributed by atoms with Crippen LogP contribution >= 0.6 is 0 Å². The van der Waals surface area contributed by atoms with Gasteiger partial charge in [0.2, 0.25) is 5.75 Å². The zero-order chi connectivity index (χ0) is 14.2. The Morgan fingerprint density at radius 3 is 2.10 bits per heavy atom. The van der Waals surface area contributed by atoms with Gasteiger partial charge in [0, 0.05) is 12.2 Å². The normalized spacial score (nSPS) is 9.90. The molecule has 0 amide bonds. The van der Waals surface area contributed by atoms with Crippen LogP contribution in [-0.4, -0.2) is 27.4 Å². The molecule has 0 saturated carbocycles. The Bertz CT molecular complexity index is 506. The number of hydrogen-bond acceptors (Lipinski definition) is 4. The van der Waals surface area contributed by atoms with Gasteiger partial charge in [0.25, 0.3) is 0 Å². The lowest BCUT2D eigenvalue weighted by Crippen LogP contribution is -2.12. The predicted molar refractivity (Wildman–Crippen MR) is 80.0 cm³/mol. The average molecular weight is 273 g/mol. The quantitative estimate of drug-likeness (QED) is 0.786. The second-order valence-electron chi connectivity index (χ2n) is 4.13. The van der Waals surface area contributed by atoms with Gasteiger partial charge in [-0.05, 0) is 24.3 Å². The van der Waals surface area contributed by atoms with Gasteiger partial charge >= 0.3 is 0 Å². The molecule has 0 unspecified atom stereocenters. The Hall–Kier alpha value is -2.36. The van der Waals surface area contributed by atoms with Crippen LogP contribution < -0.4 is 19.5 Å². The van der Waals surface area contributed by atoms with Gasteiger partial charge in [0.05, 0.1) is 14.2 Å². The third-order valence-electron chi connectivity index (χ3n) is 2.83. The number of nitrogens with one attached hydrogen (secondary N) is 1. The molecule has 0 aliphatic carbocycles. The number of hydrogen-bond donors (Lipinski definition) is 1. The van der Waals surface area contributed by atoms with E-state index in [1.807, 2.05) is 48.5 Å². The second kappa shape index (κ2) is 7.28. The molecule has 2 aromatic carbocycles. The van der Waals surface area contributed by atoms with E-state index in [4.69, 9.17) is 14.2 Å². The lowest BCUT2D eigenvalue weighted by atomic mass is 10.3. The number of rotatable bonds is 7. The van der Waals surface area contributed by atoms with Crippen molar-refractivity contribution in [1.82, 2.24) is 0 Å². The maximum Gasteiger partial charge on any atom is 0.203 e. The molecule has 0 aromatic heterocycles. The topological polar surface area (TPSA) is 39.7 Å². The molecule has 0 saturated heterocycles. The van der Waals surface area contributed by atoms with Gasteiger partial charge in [-0.3, -0.25) is 0 Å². The van der Waals surface area contributed by atoms with Gasteiger partial charge in [-0.25, -0.2) is 0 Å². The Morgan fingerprint density at radius 1 is 0.850 bits per heavy atom. The summed E-state index contributed by atoms with van der Waals surface area (Å²) in [6.07, 6.45) is 0. The number of ether oxygens (including phenoxy) is 3. The predicted octanol–water partition coefficient (Wildman–Crippen LogP) is 3.19. The van der Waals surface area contributed by atoms with Crippen molar-refractivity contribution in [1.29, 1.82) is 0 Å². The van der Waals surface area contributed by atoms with Crippen molar-refractivity contribution in [2.24, 2.45) is 0 Å². The number of benzene rings is 2. The van der Waals surface area contributed by atoms with E-state index < -0.39 is 0 Å². The van der Waals surface area contributed by atoms with Gasteiger partial charge < -0.3 is 19.5 Å². The molecule has 4 heteroatoms. The summed E-state index contributed by atoms with van der Waals surface area (Å²) in [5.74, 6) is 1.97. The molecular formula is C16H19NO3. The maximum absolute atomic E-state index is 5.76. The monoisotopic (exact) mass is 273 g/mol. The number of para-hydroxylation sites is 2. The van der Waals surface area contributed by atoms with E-state index >= 15 is 0 Å². The van der Waals surface area contributed by atoms with Crippen LogP contribution in [0.2, 0.25) is 0 Å². The second-order valence-corrected chi connectivity index (χ2v) is 4.13. The van der Waals surface area contributed by atoms with Crippen molar-refractivity contribution in [2.45, 2.75) is 0 Å². The molecule has 0 aliphatic rings. The van der Waals surface area contributed by atoms with Gasteiger partial charge in [0.15, 0.2) is 11.5 Å². The van der Waals surface area contributed by atoms with Crippen molar-refractivity contribution in [3.05, 3.63) is 48.5 Å². The minimum absolute atomic E-state index is 0.519. The Morgan fingerprint density at radius 2 is 1.50 bits per heavy atom. The standard InChI is InChI=1S/C16H19NO3/c1-18-14-9-6-10-15(19-2)16(14)20-12-11-17-13-7-4-3-5-8-13/h3-10,17H,11-12H2,1-2H3. The van der Waals surface area contributed by atoms with Crippen molar-refractivity contribution >= 4 is 5.69 Å². The van der Waals surface area contributed by atoms with Gasteiger partial charge in [-0.15, -0.1) is 0 Å². The fourth-order valence-corrected chi connectivity index (χ4v) is 1.86. The molecule has 0 radical (unpaired) electrons. The third-order valence-corrected chi connectivity index (χ3v) is 2.83. The summed E-state index contributed by atoms with van der Waals surface area (Å²) in [6, 6.07) is 15.6. The summed E-state index contributed by atoms with van der Waals surface area (Å²) < 4.78 is 16.3. The fourth-order valence-electron chi connectivity index (χ4n) is 1.86. The largest absolute Gasteiger partial charge is 0.493 e. The molecule has 0 aliphatic heterocycles. The molecule has 1 N–H and O–H groups in total. The summed E-state index contributed by atoms with van der Waals surface area (Å²) in [6.45, 7) is 1.22. The number of anilines is 1. The first-order valence-electron chi connectivity index (χ1n) is 6.48. The van der Waals surface area contributed by atoms with E-state index in [0.29, 0.717) is 30.4 Å². The van der Waals surface area contributed by atoms with Crippen LogP contribution in [0, 0.1) is 0 Å². The zero-order valence-corrected chi connectivity index (χ0v) is 11.8. The smallest absolute Gasteiger partial charge is 0.203 e. The van der Waals surface area contributed by atoms with Crippen LogP contribution in [0.3, 0.4) is 0 Å². The van der Waals surface area contributed by atoms with E-state index in [9.17, 15) is 0 Å². The first-order valence-corrected chi connectivity index (χ1v) is 6.48. The fraction of sp³-hybridized carbons (Fsp3) is 0.250. The van der Waals surface area contributed by atoms with Crippen LogP contribution in [0.4, 0.5) is 5.69 Å². The van der Waals surface area contributed by atoms with Crippen molar-refractivity contribution in [2.75, 3.05) is 32.7 Å². The van der Waals surface area contributed by atoms with Crippen LogP contribution in [0.15, 0.2) is 48.5 Å². The molecule has 0 spiro atoms. The van der Waals surface area contributed by atoms with Crippen LogP contribution in [-0.2, 0) is 0 Å². The van der Waals surface area contributed by atoms with Crippen LogP contribution in [0.1, 0.15) is 0 Å². The highest BCUT2D eigenvalue weighted by atomic mass is 16.5. The summed E-state index contributed by atoms with van der Waals surface area (Å²) in [5, 5.41) is 3.28. The molecule has 0 fully saturated rings. The highest BCUT2D eigenvalue weighted by Crippen LogP contribution is 2.36. The Labute approximate surface area is 119 Å². The zero-order valence-electron chi connectivity index (χ0n) is 11.8. The van der Waals surface area contributed by atoms with Crippen LogP contribution in [0.25, 0.3) is 0 Å². The molecule has 0 atom stereocenters. The lowest BCUT2D eigenvalue weighted by molar-refractivity contribution is 0.284. The van der Waals surface area contributed by atoms with Crippen LogP contribution in [0.5, 0.6) is 17.2 Å². The van der Waals surface area contributed by atoms with E-state index in [1.165, 1.54) is 0 Å². The van der Waals surface area contributed by atoms with Gasteiger partial charge in [0.1, 0.15) is 6.61 Å². The molecular weight excluding hydrogens is 254 g/mol. The molecule has 106 valence electrons. The van der Waals surface area contributed by atoms with E-state index in [1.54, 1.807) is 14.2 Å². The SMILES string of the molecule is COc1cccc(OC)c1OCCNc1ccccc1. The summed E-state index contributed by atoms with van der Waals surface area (Å²) in [4.78, 5) is 0. The minimum atomic E-state index is 0.519. The maximum atomic E-state index is 5.76. The summed E-state index contributed by atoms with van der Waals surface area (Å²) >= 11 is 0. The van der Waals surface area contributed by atoms with Gasteiger partial charge in [-0.2, -0.15) is 0 Å². The van der Waals surface area contributed by atoms with Crippen molar-refractivity contribution in [3.8, 4) is 17.2 Å². The van der Waals surface area contributed by atoms with E-state index in [-0.39, 0.29) is 0 Å². The van der Waals surface area contributed by atoms with E-state index in [2.05, 4.69) is 5.32 Å². The average Bonchev–Trinajstić information content (AvgIpc) is 2.52. The molecule has 0 bridgehead atoms. The van der Waals surface area contributed by atoms with Gasteiger partial charge in [-0.1, -0.05) is 24.3 Å². The molecule has 0 heterocycles. The first-order chi connectivity index (χ1) is 9.85. The summed E-state index contributed by atoms with van der Waals surface area (Å²) in [5.41, 5.74) is 1.07. The highest BCUT2D eigenvalue weighted by Gasteiger charge is 2.10. The molecule has 4 nitrogen and oxygen atoms in total. The molecule has 20 heavy (non-hydrogen) atoms. The van der Waals surface area contributed by atoms with Crippen molar-refractivity contribution in [3.63, 3.8) is 0 Å². The Balaban J connectivity index is 1.90. The lowest BCUT2D eigenvalue weighted by Gasteiger charge is -2.14. The van der Waals surface area contributed by atoms with E-state index in [0.717, 1.165) is 5.69 Å². The van der Waals surface area contributed by atoms with Crippen molar-refractivity contribution < 1.29 is 14.2 Å². The highest BCUT2D eigenvalue weighted by molar-refractivity contribution is 5.51.